The molecule has 1 amide bonds. The molecule has 1 aliphatic heterocycles. The molecule has 0 aliphatic carbocycles. The van der Waals surface area contributed by atoms with E-state index in [2.05, 4.69) is 10.3 Å². The highest BCUT2D eigenvalue weighted by Crippen LogP contribution is 2.22. The van der Waals surface area contributed by atoms with Gasteiger partial charge in [-0.2, -0.15) is 0 Å². The minimum Gasteiger partial charge on any atom is -0.447 e. The van der Waals surface area contributed by atoms with Gasteiger partial charge in [-0.05, 0) is 18.2 Å². The smallest absolute Gasteiger partial charge is 0.414 e. The lowest BCUT2D eigenvalue weighted by molar-refractivity contribution is 0.181. The van der Waals surface area contributed by atoms with Gasteiger partial charge in [-0.15, -0.1) is 11.3 Å². The Morgan fingerprint density at radius 1 is 1.47 bits per heavy atom. The SMILES string of the molecule is O=C1OCCN1c1cccc(NCc2cscn2)c1. The van der Waals surface area contributed by atoms with Gasteiger partial charge in [-0.3, -0.25) is 4.90 Å². The Balaban J connectivity index is 1.71. The lowest BCUT2D eigenvalue weighted by atomic mass is 10.2. The minimum absolute atomic E-state index is 0.281. The van der Waals surface area contributed by atoms with Gasteiger partial charge in [-0.25, -0.2) is 9.78 Å². The number of hydrogen-bond donors (Lipinski definition) is 1. The molecule has 0 radical (unpaired) electrons. The van der Waals surface area contributed by atoms with Crippen molar-refractivity contribution in [2.75, 3.05) is 23.4 Å². The summed E-state index contributed by atoms with van der Waals surface area (Å²) in [7, 11) is 0. The third-order valence-electron chi connectivity index (χ3n) is 2.88. The summed E-state index contributed by atoms with van der Waals surface area (Å²) < 4.78 is 4.94. The standard InChI is InChI=1S/C13H13N3O2S/c17-13-16(4-5-18-13)12-3-1-2-10(6-12)14-7-11-8-19-9-15-11/h1-3,6,8-9,14H,4-5,7H2. The monoisotopic (exact) mass is 275 g/mol. The average molecular weight is 275 g/mol. The van der Waals surface area contributed by atoms with Crippen LogP contribution in [-0.2, 0) is 11.3 Å². The molecule has 0 saturated carbocycles. The van der Waals surface area contributed by atoms with E-state index in [1.807, 2.05) is 35.2 Å². The normalized spacial score (nSPS) is 14.5. The van der Waals surface area contributed by atoms with E-state index in [9.17, 15) is 4.79 Å². The van der Waals surface area contributed by atoms with Crippen molar-refractivity contribution in [1.29, 1.82) is 0 Å². The van der Waals surface area contributed by atoms with Gasteiger partial charge in [0.25, 0.3) is 0 Å². The van der Waals surface area contributed by atoms with Crippen LogP contribution in [0.2, 0.25) is 0 Å². The molecule has 0 bridgehead atoms. The lowest BCUT2D eigenvalue weighted by Crippen LogP contribution is -2.23. The lowest BCUT2D eigenvalue weighted by Gasteiger charge is -2.14. The first-order chi connectivity index (χ1) is 9.33. The van der Waals surface area contributed by atoms with Gasteiger partial charge in [0, 0.05) is 16.8 Å². The molecule has 1 aliphatic rings. The second kappa shape index (κ2) is 5.27. The molecule has 98 valence electrons. The van der Waals surface area contributed by atoms with Crippen LogP contribution in [0.4, 0.5) is 16.2 Å². The van der Waals surface area contributed by atoms with Gasteiger partial charge < -0.3 is 10.1 Å². The Hall–Kier alpha value is -2.08. The predicted molar refractivity (Wildman–Crippen MR) is 74.6 cm³/mol. The van der Waals surface area contributed by atoms with Gasteiger partial charge >= 0.3 is 6.09 Å². The highest BCUT2D eigenvalue weighted by Gasteiger charge is 2.23. The molecule has 1 saturated heterocycles. The molecule has 1 aromatic carbocycles. The molecular weight excluding hydrogens is 262 g/mol. The Morgan fingerprint density at radius 2 is 2.42 bits per heavy atom. The molecule has 6 heteroatoms. The van der Waals surface area contributed by atoms with Crippen molar-refractivity contribution in [2.45, 2.75) is 6.54 Å². The summed E-state index contributed by atoms with van der Waals surface area (Å²) in [6.07, 6.45) is -0.281. The maximum atomic E-state index is 11.5. The Bertz CT molecular complexity index is 571. The number of anilines is 2. The largest absolute Gasteiger partial charge is 0.447 e. The fourth-order valence-electron chi connectivity index (χ4n) is 1.93. The van der Waals surface area contributed by atoms with Gasteiger partial charge in [0.15, 0.2) is 0 Å². The number of carbonyl (C=O) groups excluding carboxylic acids is 1. The van der Waals surface area contributed by atoms with Crippen LogP contribution >= 0.6 is 11.3 Å². The highest BCUT2D eigenvalue weighted by atomic mass is 32.1. The zero-order chi connectivity index (χ0) is 13.1. The number of nitrogens with zero attached hydrogens (tertiary/aromatic N) is 2. The number of rotatable bonds is 4. The second-order valence-electron chi connectivity index (χ2n) is 4.15. The first-order valence-corrected chi connectivity index (χ1v) is 6.92. The zero-order valence-corrected chi connectivity index (χ0v) is 11.0. The number of nitrogens with one attached hydrogen (secondary N) is 1. The van der Waals surface area contributed by atoms with Crippen LogP contribution in [0.3, 0.4) is 0 Å². The summed E-state index contributed by atoms with van der Waals surface area (Å²) in [5.74, 6) is 0. The molecule has 2 aromatic rings. The number of thiazole rings is 1. The number of ether oxygens (including phenoxy) is 1. The van der Waals surface area contributed by atoms with Gasteiger partial charge in [0.2, 0.25) is 0 Å². The summed E-state index contributed by atoms with van der Waals surface area (Å²) in [6.45, 7) is 1.74. The number of cyclic esters (lactones) is 1. The molecule has 1 aromatic heterocycles. The van der Waals surface area contributed by atoms with Gasteiger partial charge in [0.1, 0.15) is 6.61 Å². The summed E-state index contributed by atoms with van der Waals surface area (Å²) in [4.78, 5) is 17.4. The number of aromatic nitrogens is 1. The van der Waals surface area contributed by atoms with Crippen molar-refractivity contribution in [1.82, 2.24) is 4.98 Å². The van der Waals surface area contributed by atoms with Gasteiger partial charge in [0.05, 0.1) is 24.3 Å². The Kier molecular flexibility index (Phi) is 3.33. The second-order valence-corrected chi connectivity index (χ2v) is 4.87. The van der Waals surface area contributed by atoms with E-state index in [0.29, 0.717) is 19.7 Å². The third kappa shape index (κ3) is 2.68. The van der Waals surface area contributed by atoms with Crippen molar-refractivity contribution in [3.63, 3.8) is 0 Å². The van der Waals surface area contributed by atoms with E-state index in [1.54, 1.807) is 16.2 Å². The first kappa shape index (κ1) is 12.0. The van der Waals surface area contributed by atoms with E-state index < -0.39 is 0 Å². The maximum absolute atomic E-state index is 11.5. The third-order valence-corrected chi connectivity index (χ3v) is 3.51. The number of hydrogen-bond acceptors (Lipinski definition) is 5. The maximum Gasteiger partial charge on any atom is 0.414 e. The van der Waals surface area contributed by atoms with E-state index in [-0.39, 0.29) is 6.09 Å². The van der Waals surface area contributed by atoms with Crippen molar-refractivity contribution >= 4 is 28.8 Å². The highest BCUT2D eigenvalue weighted by molar-refractivity contribution is 7.07. The van der Waals surface area contributed by atoms with Crippen LogP contribution in [0.1, 0.15) is 5.69 Å². The molecule has 2 heterocycles. The number of carbonyl (C=O) groups is 1. The number of benzene rings is 1. The Labute approximate surface area is 114 Å². The van der Waals surface area contributed by atoms with E-state index in [4.69, 9.17) is 4.74 Å². The molecular formula is C13H13N3O2S. The van der Waals surface area contributed by atoms with Crippen LogP contribution in [0.5, 0.6) is 0 Å². The van der Waals surface area contributed by atoms with Gasteiger partial charge in [-0.1, -0.05) is 6.07 Å². The topological polar surface area (TPSA) is 54.5 Å². The van der Waals surface area contributed by atoms with Crippen LogP contribution in [-0.4, -0.2) is 24.2 Å². The molecule has 1 fully saturated rings. The predicted octanol–water partition coefficient (Wildman–Crippen LogP) is 2.71. The van der Waals surface area contributed by atoms with E-state index in [0.717, 1.165) is 17.1 Å². The van der Waals surface area contributed by atoms with Crippen molar-refractivity contribution in [2.24, 2.45) is 0 Å². The Morgan fingerprint density at radius 3 is 3.16 bits per heavy atom. The molecule has 3 rings (SSSR count). The quantitative estimate of drug-likeness (QED) is 0.932. The summed E-state index contributed by atoms with van der Waals surface area (Å²) >= 11 is 1.58. The van der Waals surface area contributed by atoms with E-state index in [1.165, 1.54) is 0 Å². The van der Waals surface area contributed by atoms with Crippen molar-refractivity contribution < 1.29 is 9.53 Å². The van der Waals surface area contributed by atoms with Crippen LogP contribution in [0.15, 0.2) is 35.2 Å². The fourth-order valence-corrected chi connectivity index (χ4v) is 2.49. The van der Waals surface area contributed by atoms with Crippen molar-refractivity contribution in [3.8, 4) is 0 Å². The van der Waals surface area contributed by atoms with Crippen LogP contribution in [0, 0.1) is 0 Å². The molecule has 1 N–H and O–H groups in total. The molecule has 0 unspecified atom stereocenters. The number of amides is 1. The minimum atomic E-state index is -0.281. The molecule has 0 spiro atoms. The van der Waals surface area contributed by atoms with Crippen LogP contribution < -0.4 is 10.2 Å². The zero-order valence-electron chi connectivity index (χ0n) is 10.2. The summed E-state index contributed by atoms with van der Waals surface area (Å²) in [5.41, 5.74) is 4.64. The summed E-state index contributed by atoms with van der Waals surface area (Å²) in [5, 5.41) is 5.30. The molecule has 0 atom stereocenters. The molecule has 19 heavy (non-hydrogen) atoms. The molecule has 5 nitrogen and oxygen atoms in total. The average Bonchev–Trinajstić information content (AvgIpc) is 3.08. The fraction of sp³-hybridized carbons (Fsp3) is 0.231. The van der Waals surface area contributed by atoms with E-state index >= 15 is 0 Å². The van der Waals surface area contributed by atoms with Crippen LogP contribution in [0.25, 0.3) is 0 Å². The first-order valence-electron chi connectivity index (χ1n) is 5.98. The summed E-state index contributed by atoms with van der Waals surface area (Å²) in [6, 6.07) is 7.74. The van der Waals surface area contributed by atoms with Crippen molar-refractivity contribution in [3.05, 3.63) is 40.8 Å².